The molecule has 172 valence electrons. The number of aromatic nitrogens is 1. The van der Waals surface area contributed by atoms with Gasteiger partial charge in [0.15, 0.2) is 0 Å². The van der Waals surface area contributed by atoms with Gasteiger partial charge < -0.3 is 15.8 Å². The maximum atomic E-state index is 6.89. The first kappa shape index (κ1) is 24.5. The Morgan fingerprint density at radius 2 is 2.09 bits per heavy atom. The lowest BCUT2D eigenvalue weighted by atomic mass is 9.80. The third-order valence-electron chi connectivity index (χ3n) is 6.45. The Morgan fingerprint density at radius 3 is 2.78 bits per heavy atom. The molecule has 1 aliphatic rings. The Bertz CT molecular complexity index is 936. The molecule has 4 nitrogen and oxygen atoms in total. The van der Waals surface area contributed by atoms with Gasteiger partial charge in [-0.2, -0.15) is 0 Å². The summed E-state index contributed by atoms with van der Waals surface area (Å²) < 4.78 is 5.25. The van der Waals surface area contributed by atoms with Gasteiger partial charge in [0.25, 0.3) is 0 Å². The molecule has 0 fully saturated rings. The highest BCUT2D eigenvalue weighted by Crippen LogP contribution is 2.40. The maximum absolute atomic E-state index is 6.89. The minimum atomic E-state index is 0.257. The van der Waals surface area contributed by atoms with Gasteiger partial charge in [0.05, 0.1) is 0 Å². The second-order valence-electron chi connectivity index (χ2n) is 8.59. The minimum Gasteiger partial charge on any atom is -0.385 e. The standard InChI is InChI=1S/C27H36ClN3O/c1-19(23(14-15-30-2)22-11-13-27(29)31-18-22)24-12-10-21(17-26(24)28)25-9-5-4-7-20(25)8-6-16-32-3/h5,9-13,17-19,23,30H,4,6-8,14-16H2,1-3H3,(H2,29,31). The molecule has 0 bridgehead atoms. The molecule has 2 aromatic rings. The van der Waals surface area contributed by atoms with Crippen molar-refractivity contribution in [2.75, 3.05) is 33.0 Å². The summed E-state index contributed by atoms with van der Waals surface area (Å²) in [5.41, 5.74) is 12.2. The number of anilines is 1. The van der Waals surface area contributed by atoms with Gasteiger partial charge in [-0.1, -0.05) is 54.4 Å². The Kier molecular flexibility index (Phi) is 9.34. The van der Waals surface area contributed by atoms with Crippen LogP contribution in [0.4, 0.5) is 5.82 Å². The second kappa shape index (κ2) is 12.2. The molecule has 1 aromatic carbocycles. The van der Waals surface area contributed by atoms with Crippen LogP contribution in [0.2, 0.25) is 5.02 Å². The van der Waals surface area contributed by atoms with Gasteiger partial charge in [-0.25, -0.2) is 4.98 Å². The number of hydrogen-bond donors (Lipinski definition) is 2. The molecule has 1 heterocycles. The van der Waals surface area contributed by atoms with Crippen molar-refractivity contribution in [1.82, 2.24) is 10.3 Å². The van der Waals surface area contributed by atoms with Crippen LogP contribution in [0, 0.1) is 0 Å². The molecule has 32 heavy (non-hydrogen) atoms. The number of hydrogen-bond acceptors (Lipinski definition) is 4. The SMILES string of the molecule is CNCCC(c1ccc(N)nc1)C(C)c1ccc(C2=C(CCCOC)CCC=C2)cc1Cl. The highest BCUT2D eigenvalue weighted by molar-refractivity contribution is 6.31. The molecule has 0 saturated carbocycles. The number of nitrogens with zero attached hydrogens (tertiary/aromatic N) is 1. The number of ether oxygens (including phenoxy) is 1. The van der Waals surface area contributed by atoms with E-state index in [0.717, 1.165) is 50.3 Å². The first-order chi connectivity index (χ1) is 15.5. The van der Waals surface area contributed by atoms with Crippen molar-refractivity contribution in [3.05, 3.63) is 76.0 Å². The van der Waals surface area contributed by atoms with Crippen LogP contribution in [-0.4, -0.2) is 32.3 Å². The van der Waals surface area contributed by atoms with Crippen molar-refractivity contribution in [3.63, 3.8) is 0 Å². The number of methoxy groups -OCH3 is 1. The highest BCUT2D eigenvalue weighted by atomic mass is 35.5. The fourth-order valence-electron chi connectivity index (χ4n) is 4.62. The number of rotatable bonds is 11. The number of nitrogen functional groups attached to an aromatic ring is 1. The molecule has 0 aliphatic heterocycles. The topological polar surface area (TPSA) is 60.2 Å². The summed E-state index contributed by atoms with van der Waals surface area (Å²) in [5.74, 6) is 1.11. The normalized spacial score (nSPS) is 15.8. The van der Waals surface area contributed by atoms with Crippen molar-refractivity contribution >= 4 is 23.0 Å². The summed E-state index contributed by atoms with van der Waals surface area (Å²) in [7, 11) is 3.75. The summed E-state index contributed by atoms with van der Waals surface area (Å²) in [5, 5.41) is 4.11. The Hall–Kier alpha value is -2.14. The lowest BCUT2D eigenvalue weighted by Crippen LogP contribution is -2.17. The van der Waals surface area contributed by atoms with Crippen LogP contribution in [0.1, 0.15) is 67.6 Å². The van der Waals surface area contributed by atoms with E-state index >= 15 is 0 Å². The third-order valence-corrected chi connectivity index (χ3v) is 6.78. The van der Waals surface area contributed by atoms with Crippen LogP contribution in [-0.2, 0) is 4.74 Å². The Balaban J connectivity index is 1.88. The molecule has 2 unspecified atom stereocenters. The Labute approximate surface area is 197 Å². The van der Waals surface area contributed by atoms with Crippen LogP contribution in [0.5, 0.6) is 0 Å². The van der Waals surface area contributed by atoms with E-state index in [2.05, 4.69) is 53.6 Å². The summed E-state index contributed by atoms with van der Waals surface area (Å²) >= 11 is 6.89. The molecule has 1 aromatic heterocycles. The first-order valence-electron chi connectivity index (χ1n) is 11.6. The summed E-state index contributed by atoms with van der Waals surface area (Å²) in [4.78, 5) is 4.32. The zero-order valence-electron chi connectivity index (χ0n) is 19.5. The van der Waals surface area contributed by atoms with Gasteiger partial charge in [0.2, 0.25) is 0 Å². The molecule has 2 atom stereocenters. The summed E-state index contributed by atoms with van der Waals surface area (Å²) in [6.45, 7) is 3.98. The number of halogens is 1. The third kappa shape index (κ3) is 6.22. The van der Waals surface area contributed by atoms with E-state index in [1.54, 1.807) is 7.11 Å². The van der Waals surface area contributed by atoms with Crippen LogP contribution in [0.3, 0.4) is 0 Å². The fraction of sp³-hybridized carbons (Fsp3) is 0.444. The number of nitrogens with two attached hydrogens (primary N) is 1. The number of nitrogens with one attached hydrogen (secondary N) is 1. The predicted molar refractivity (Wildman–Crippen MR) is 136 cm³/mol. The Morgan fingerprint density at radius 1 is 1.25 bits per heavy atom. The molecule has 0 radical (unpaired) electrons. The van der Waals surface area contributed by atoms with Crippen LogP contribution in [0.15, 0.2) is 54.3 Å². The average molecular weight is 454 g/mol. The molecule has 1 aliphatic carbocycles. The van der Waals surface area contributed by atoms with Crippen LogP contribution >= 0.6 is 11.6 Å². The molecule has 0 amide bonds. The van der Waals surface area contributed by atoms with E-state index in [9.17, 15) is 0 Å². The van der Waals surface area contributed by atoms with E-state index in [1.807, 2.05) is 19.3 Å². The fourth-order valence-corrected chi connectivity index (χ4v) is 4.98. The van der Waals surface area contributed by atoms with Gasteiger partial charge in [0.1, 0.15) is 5.82 Å². The summed E-state index contributed by atoms with van der Waals surface area (Å²) in [6, 6.07) is 10.6. The van der Waals surface area contributed by atoms with Gasteiger partial charge in [-0.15, -0.1) is 0 Å². The van der Waals surface area contributed by atoms with E-state index in [1.165, 1.54) is 27.8 Å². The van der Waals surface area contributed by atoms with Crippen molar-refractivity contribution in [1.29, 1.82) is 0 Å². The smallest absolute Gasteiger partial charge is 0.123 e. The highest BCUT2D eigenvalue weighted by Gasteiger charge is 2.23. The largest absolute Gasteiger partial charge is 0.385 e. The van der Waals surface area contributed by atoms with Crippen molar-refractivity contribution in [2.24, 2.45) is 0 Å². The number of benzene rings is 1. The van der Waals surface area contributed by atoms with Gasteiger partial charge >= 0.3 is 0 Å². The van der Waals surface area contributed by atoms with Crippen molar-refractivity contribution in [2.45, 2.75) is 50.9 Å². The molecule has 5 heteroatoms. The quantitative estimate of drug-likeness (QED) is 0.389. The van der Waals surface area contributed by atoms with Crippen molar-refractivity contribution in [3.8, 4) is 0 Å². The molecule has 3 N–H and O–H groups in total. The number of pyridine rings is 1. The molecule has 3 rings (SSSR count). The van der Waals surface area contributed by atoms with Crippen LogP contribution in [0.25, 0.3) is 5.57 Å². The predicted octanol–water partition coefficient (Wildman–Crippen LogP) is 6.34. The lowest BCUT2D eigenvalue weighted by Gasteiger charge is -2.26. The van der Waals surface area contributed by atoms with E-state index in [4.69, 9.17) is 22.1 Å². The average Bonchev–Trinajstić information content (AvgIpc) is 2.80. The van der Waals surface area contributed by atoms with Crippen molar-refractivity contribution < 1.29 is 4.74 Å². The first-order valence-corrected chi connectivity index (χ1v) is 12.0. The van der Waals surface area contributed by atoms with E-state index in [-0.39, 0.29) is 5.92 Å². The molecular formula is C27H36ClN3O. The van der Waals surface area contributed by atoms with E-state index < -0.39 is 0 Å². The zero-order chi connectivity index (χ0) is 22.9. The monoisotopic (exact) mass is 453 g/mol. The van der Waals surface area contributed by atoms with Crippen LogP contribution < -0.4 is 11.1 Å². The number of allylic oxidation sites excluding steroid dienone is 4. The van der Waals surface area contributed by atoms with Gasteiger partial charge in [-0.3, -0.25) is 0 Å². The molecule has 0 spiro atoms. The molecular weight excluding hydrogens is 418 g/mol. The minimum absolute atomic E-state index is 0.257. The van der Waals surface area contributed by atoms with Gasteiger partial charge in [-0.05, 0) is 91.9 Å². The lowest BCUT2D eigenvalue weighted by molar-refractivity contribution is 0.195. The second-order valence-corrected chi connectivity index (χ2v) is 9.00. The zero-order valence-corrected chi connectivity index (χ0v) is 20.3. The molecule has 0 saturated heterocycles. The maximum Gasteiger partial charge on any atom is 0.123 e. The van der Waals surface area contributed by atoms with E-state index in [0.29, 0.717) is 11.7 Å². The summed E-state index contributed by atoms with van der Waals surface area (Å²) in [6.07, 6.45) is 11.8. The van der Waals surface area contributed by atoms with Gasteiger partial charge in [0, 0.05) is 24.9 Å².